The van der Waals surface area contributed by atoms with Gasteiger partial charge in [0.25, 0.3) is 5.91 Å². The maximum Gasteiger partial charge on any atom is 0.258 e. The van der Waals surface area contributed by atoms with Crippen molar-refractivity contribution in [3.05, 3.63) is 76.8 Å². The third-order valence-corrected chi connectivity index (χ3v) is 5.12. The molecule has 2 amide bonds. The lowest BCUT2D eigenvalue weighted by Gasteiger charge is -2.17. The highest BCUT2D eigenvalue weighted by Crippen LogP contribution is 2.27. The van der Waals surface area contributed by atoms with E-state index in [1.807, 2.05) is 18.2 Å². The normalized spacial score (nSPS) is 13.7. The Bertz CT molecular complexity index is 1080. The molecule has 0 aliphatic carbocycles. The Morgan fingerprint density at radius 3 is 2.79 bits per heavy atom. The SMILES string of the molecule is O=C(Nc1ccc(N2CCCC2=O)c(F)c1)c1cnn(Cc2ccccc2Cl)c1. The quantitative estimate of drug-likeness (QED) is 0.686. The van der Waals surface area contributed by atoms with Gasteiger partial charge < -0.3 is 10.2 Å². The van der Waals surface area contributed by atoms with Gasteiger partial charge in [-0.15, -0.1) is 0 Å². The van der Waals surface area contributed by atoms with E-state index in [0.29, 0.717) is 35.8 Å². The fourth-order valence-corrected chi connectivity index (χ4v) is 3.47. The van der Waals surface area contributed by atoms with Gasteiger partial charge in [0.15, 0.2) is 0 Å². The van der Waals surface area contributed by atoms with Crippen molar-refractivity contribution in [2.75, 3.05) is 16.8 Å². The minimum Gasteiger partial charge on any atom is -0.322 e. The van der Waals surface area contributed by atoms with Gasteiger partial charge >= 0.3 is 0 Å². The smallest absolute Gasteiger partial charge is 0.258 e. The van der Waals surface area contributed by atoms with Gasteiger partial charge in [0.2, 0.25) is 5.91 Å². The number of hydrogen-bond acceptors (Lipinski definition) is 3. The molecule has 0 saturated carbocycles. The minimum atomic E-state index is -0.549. The number of rotatable bonds is 5. The molecular weight excluding hydrogens is 395 g/mol. The molecule has 3 aromatic rings. The zero-order chi connectivity index (χ0) is 20.4. The van der Waals surface area contributed by atoms with Gasteiger partial charge in [-0.3, -0.25) is 14.3 Å². The summed E-state index contributed by atoms with van der Waals surface area (Å²) in [5.74, 6) is -1.04. The third-order valence-electron chi connectivity index (χ3n) is 4.76. The Morgan fingerprint density at radius 2 is 2.07 bits per heavy atom. The van der Waals surface area contributed by atoms with Crippen LogP contribution in [0.25, 0.3) is 0 Å². The molecule has 0 atom stereocenters. The van der Waals surface area contributed by atoms with E-state index >= 15 is 0 Å². The van der Waals surface area contributed by atoms with Crippen LogP contribution in [0.3, 0.4) is 0 Å². The van der Waals surface area contributed by atoms with Crippen LogP contribution in [0.4, 0.5) is 15.8 Å². The summed E-state index contributed by atoms with van der Waals surface area (Å²) >= 11 is 6.15. The van der Waals surface area contributed by atoms with Crippen LogP contribution in [0.1, 0.15) is 28.8 Å². The number of halogens is 2. The third kappa shape index (κ3) is 4.14. The molecule has 2 heterocycles. The van der Waals surface area contributed by atoms with Crippen LogP contribution in [0.2, 0.25) is 5.02 Å². The van der Waals surface area contributed by atoms with Gasteiger partial charge in [0.1, 0.15) is 5.82 Å². The molecule has 4 rings (SSSR count). The molecule has 0 radical (unpaired) electrons. The highest BCUT2D eigenvalue weighted by molar-refractivity contribution is 6.31. The average Bonchev–Trinajstić information content (AvgIpc) is 3.33. The van der Waals surface area contributed by atoms with Crippen molar-refractivity contribution >= 4 is 34.8 Å². The Morgan fingerprint density at radius 1 is 1.24 bits per heavy atom. The Labute approximate surface area is 171 Å². The van der Waals surface area contributed by atoms with E-state index in [1.54, 1.807) is 23.0 Å². The maximum absolute atomic E-state index is 14.4. The van der Waals surface area contributed by atoms with E-state index in [1.165, 1.54) is 23.2 Å². The summed E-state index contributed by atoms with van der Waals surface area (Å²) < 4.78 is 16.0. The zero-order valence-electron chi connectivity index (χ0n) is 15.4. The average molecular weight is 413 g/mol. The molecule has 8 heteroatoms. The number of nitrogens with one attached hydrogen (secondary N) is 1. The second-order valence-corrected chi connectivity index (χ2v) is 7.19. The molecule has 148 valence electrons. The lowest BCUT2D eigenvalue weighted by Crippen LogP contribution is -2.24. The molecule has 0 spiro atoms. The number of anilines is 2. The fraction of sp³-hybridized carbons (Fsp3) is 0.190. The van der Waals surface area contributed by atoms with Crippen LogP contribution in [0.15, 0.2) is 54.9 Å². The molecule has 1 saturated heterocycles. The predicted octanol–water partition coefficient (Wildman–Crippen LogP) is 4.10. The van der Waals surface area contributed by atoms with Crippen molar-refractivity contribution in [2.24, 2.45) is 0 Å². The molecule has 1 aromatic heterocycles. The second-order valence-electron chi connectivity index (χ2n) is 6.79. The molecule has 1 N–H and O–H groups in total. The van der Waals surface area contributed by atoms with Gasteiger partial charge in [-0.25, -0.2) is 4.39 Å². The monoisotopic (exact) mass is 412 g/mol. The van der Waals surface area contributed by atoms with E-state index in [-0.39, 0.29) is 11.6 Å². The summed E-state index contributed by atoms with van der Waals surface area (Å²) in [6.07, 6.45) is 4.19. The van der Waals surface area contributed by atoms with Crippen LogP contribution < -0.4 is 10.2 Å². The van der Waals surface area contributed by atoms with E-state index < -0.39 is 11.7 Å². The van der Waals surface area contributed by atoms with Crippen LogP contribution in [-0.2, 0) is 11.3 Å². The second kappa shape index (κ2) is 8.05. The van der Waals surface area contributed by atoms with E-state index in [0.717, 1.165) is 12.0 Å². The van der Waals surface area contributed by atoms with E-state index in [4.69, 9.17) is 11.6 Å². The first-order valence-electron chi connectivity index (χ1n) is 9.18. The number of amides is 2. The molecule has 1 aliphatic rings. The fourth-order valence-electron chi connectivity index (χ4n) is 3.28. The van der Waals surface area contributed by atoms with E-state index in [2.05, 4.69) is 10.4 Å². The van der Waals surface area contributed by atoms with Crippen LogP contribution in [-0.4, -0.2) is 28.1 Å². The van der Waals surface area contributed by atoms with E-state index in [9.17, 15) is 14.0 Å². The highest BCUT2D eigenvalue weighted by Gasteiger charge is 2.24. The van der Waals surface area contributed by atoms with Crippen molar-refractivity contribution in [1.29, 1.82) is 0 Å². The van der Waals surface area contributed by atoms with Crippen molar-refractivity contribution in [3.63, 3.8) is 0 Å². The van der Waals surface area contributed by atoms with Gasteiger partial charge in [-0.2, -0.15) is 5.10 Å². The van der Waals surface area contributed by atoms with Crippen LogP contribution in [0, 0.1) is 5.82 Å². The largest absolute Gasteiger partial charge is 0.322 e. The Balaban J connectivity index is 1.44. The summed E-state index contributed by atoms with van der Waals surface area (Å²) in [4.78, 5) is 25.7. The Hall–Kier alpha value is -3.19. The summed E-state index contributed by atoms with van der Waals surface area (Å²) in [6.45, 7) is 0.937. The first-order chi connectivity index (χ1) is 14.0. The summed E-state index contributed by atoms with van der Waals surface area (Å²) in [7, 11) is 0. The van der Waals surface area contributed by atoms with Crippen LogP contribution >= 0.6 is 11.6 Å². The standard InChI is InChI=1S/C21H18ClFN4O2/c22-17-5-2-1-4-14(17)12-26-13-15(11-24-26)21(29)25-16-7-8-19(18(23)10-16)27-9-3-6-20(27)28/h1-2,4-5,7-8,10-11,13H,3,6,9,12H2,(H,25,29). The topological polar surface area (TPSA) is 67.2 Å². The number of carbonyl (C=O) groups excluding carboxylic acids is 2. The zero-order valence-corrected chi connectivity index (χ0v) is 16.2. The molecule has 0 bridgehead atoms. The lowest BCUT2D eigenvalue weighted by molar-refractivity contribution is -0.117. The number of benzene rings is 2. The number of nitrogens with zero attached hydrogens (tertiary/aromatic N) is 3. The van der Waals surface area contributed by atoms with Crippen molar-refractivity contribution < 1.29 is 14.0 Å². The van der Waals surface area contributed by atoms with Crippen molar-refractivity contribution in [3.8, 4) is 0 Å². The molecule has 29 heavy (non-hydrogen) atoms. The number of carbonyl (C=O) groups is 2. The summed E-state index contributed by atoms with van der Waals surface area (Å²) in [5, 5.41) is 7.47. The lowest BCUT2D eigenvalue weighted by atomic mass is 10.2. The van der Waals surface area contributed by atoms with Gasteiger partial charge in [-0.05, 0) is 36.2 Å². The number of hydrogen-bond donors (Lipinski definition) is 1. The van der Waals surface area contributed by atoms with Crippen LogP contribution in [0.5, 0.6) is 0 Å². The van der Waals surface area contributed by atoms with Crippen molar-refractivity contribution in [2.45, 2.75) is 19.4 Å². The molecule has 2 aromatic carbocycles. The highest BCUT2D eigenvalue weighted by atomic mass is 35.5. The maximum atomic E-state index is 14.4. The molecule has 6 nitrogen and oxygen atoms in total. The van der Waals surface area contributed by atoms with Gasteiger partial charge in [-0.1, -0.05) is 29.8 Å². The Kier molecular flexibility index (Phi) is 5.31. The number of aromatic nitrogens is 2. The first kappa shape index (κ1) is 19.1. The van der Waals surface area contributed by atoms with Gasteiger partial charge in [0, 0.05) is 29.9 Å². The summed E-state index contributed by atoms with van der Waals surface area (Å²) in [6, 6.07) is 11.7. The molecular formula is C21H18ClFN4O2. The molecule has 1 aliphatic heterocycles. The minimum absolute atomic E-state index is 0.0911. The first-order valence-corrected chi connectivity index (χ1v) is 9.56. The molecule has 0 unspecified atom stereocenters. The van der Waals surface area contributed by atoms with Crippen molar-refractivity contribution in [1.82, 2.24) is 9.78 Å². The summed E-state index contributed by atoms with van der Waals surface area (Å²) in [5.41, 5.74) is 1.77. The molecule has 1 fully saturated rings. The van der Waals surface area contributed by atoms with Gasteiger partial charge in [0.05, 0.1) is 24.0 Å². The predicted molar refractivity (Wildman–Crippen MR) is 109 cm³/mol.